The van der Waals surface area contributed by atoms with Gasteiger partial charge in [-0.3, -0.25) is 0 Å². The van der Waals surface area contributed by atoms with Gasteiger partial charge in [0.15, 0.2) is 0 Å². The highest BCUT2D eigenvalue weighted by atomic mass is 14.9. The topological polar surface area (TPSA) is 27.8 Å². The molecule has 2 nitrogen and oxygen atoms in total. The second-order valence-corrected chi connectivity index (χ2v) is 5.40. The summed E-state index contributed by atoms with van der Waals surface area (Å²) in [6.45, 7) is 3.30. The van der Waals surface area contributed by atoms with Gasteiger partial charge in [0.05, 0.1) is 0 Å². The highest BCUT2D eigenvalue weighted by Gasteiger charge is 2.30. The van der Waals surface area contributed by atoms with Gasteiger partial charge >= 0.3 is 0 Å². The summed E-state index contributed by atoms with van der Waals surface area (Å²) in [5.74, 6) is 0.940. The molecular formula is C16H22N2. The molecule has 1 heterocycles. The number of H-pyrrole nitrogens is 1. The third-order valence-electron chi connectivity index (χ3n) is 4.06. The summed E-state index contributed by atoms with van der Waals surface area (Å²) in [4.78, 5) is 3.37. The second-order valence-electron chi connectivity index (χ2n) is 5.40. The summed E-state index contributed by atoms with van der Waals surface area (Å²) in [6.07, 6.45) is 7.47. The molecule has 1 fully saturated rings. The zero-order valence-electron chi connectivity index (χ0n) is 11.1. The quantitative estimate of drug-likeness (QED) is 0.797. The number of aryl methyl sites for hydroxylation is 1. The van der Waals surface area contributed by atoms with Crippen LogP contribution >= 0.6 is 0 Å². The summed E-state index contributed by atoms with van der Waals surface area (Å²) in [5.41, 5.74) is 2.73. The van der Waals surface area contributed by atoms with Gasteiger partial charge in [-0.05, 0) is 49.8 Å². The number of hydrogen-bond donors (Lipinski definition) is 2. The van der Waals surface area contributed by atoms with E-state index in [1.165, 1.54) is 42.1 Å². The summed E-state index contributed by atoms with van der Waals surface area (Å²) in [5, 5.41) is 5.04. The zero-order valence-corrected chi connectivity index (χ0v) is 11.1. The largest absolute Gasteiger partial charge is 0.361 e. The average Bonchev–Trinajstić information content (AvgIpc) is 3.16. The molecule has 3 rings (SSSR count). The van der Waals surface area contributed by atoms with Crippen LogP contribution in [0.15, 0.2) is 30.5 Å². The van der Waals surface area contributed by atoms with Crippen molar-refractivity contribution in [3.05, 3.63) is 36.0 Å². The third-order valence-corrected chi connectivity index (χ3v) is 4.06. The lowest BCUT2D eigenvalue weighted by Gasteiger charge is -2.16. The first kappa shape index (κ1) is 11.8. The maximum atomic E-state index is 3.64. The van der Waals surface area contributed by atoms with Crippen LogP contribution in [-0.4, -0.2) is 17.6 Å². The van der Waals surface area contributed by atoms with E-state index in [0.717, 1.165) is 18.5 Å². The molecule has 2 aromatic rings. The van der Waals surface area contributed by atoms with Crippen LogP contribution < -0.4 is 5.32 Å². The highest BCUT2D eigenvalue weighted by Crippen LogP contribution is 2.34. The van der Waals surface area contributed by atoms with Crippen LogP contribution in [0.5, 0.6) is 0 Å². The smallest absolute Gasteiger partial charge is 0.0456 e. The van der Waals surface area contributed by atoms with Gasteiger partial charge in [-0.1, -0.05) is 25.1 Å². The molecule has 18 heavy (non-hydrogen) atoms. The molecule has 1 aliphatic carbocycles. The van der Waals surface area contributed by atoms with Gasteiger partial charge in [-0.2, -0.15) is 0 Å². The van der Waals surface area contributed by atoms with Gasteiger partial charge in [-0.25, -0.2) is 0 Å². The fourth-order valence-electron chi connectivity index (χ4n) is 2.91. The van der Waals surface area contributed by atoms with E-state index in [9.17, 15) is 0 Å². The molecule has 1 aliphatic rings. The van der Waals surface area contributed by atoms with Crippen molar-refractivity contribution < 1.29 is 0 Å². The van der Waals surface area contributed by atoms with Crippen molar-refractivity contribution in [3.63, 3.8) is 0 Å². The van der Waals surface area contributed by atoms with Crippen molar-refractivity contribution in [1.82, 2.24) is 10.3 Å². The van der Waals surface area contributed by atoms with Crippen molar-refractivity contribution in [2.75, 3.05) is 6.54 Å². The minimum atomic E-state index is 0.726. The van der Waals surface area contributed by atoms with Gasteiger partial charge in [0.25, 0.3) is 0 Å². The first-order valence-electron chi connectivity index (χ1n) is 7.17. The Morgan fingerprint density at radius 2 is 2.17 bits per heavy atom. The van der Waals surface area contributed by atoms with Crippen LogP contribution in [0.1, 0.15) is 31.7 Å². The number of aromatic amines is 1. The van der Waals surface area contributed by atoms with Gasteiger partial charge in [0, 0.05) is 23.1 Å². The van der Waals surface area contributed by atoms with Crippen molar-refractivity contribution in [1.29, 1.82) is 0 Å². The van der Waals surface area contributed by atoms with Crippen molar-refractivity contribution in [3.8, 4) is 0 Å². The molecule has 1 saturated carbocycles. The third kappa shape index (κ3) is 2.44. The van der Waals surface area contributed by atoms with Gasteiger partial charge < -0.3 is 10.3 Å². The molecule has 1 unspecified atom stereocenters. The first-order valence-corrected chi connectivity index (χ1v) is 7.17. The van der Waals surface area contributed by atoms with E-state index >= 15 is 0 Å². The van der Waals surface area contributed by atoms with Gasteiger partial charge in [0.2, 0.25) is 0 Å². The first-order chi connectivity index (χ1) is 8.88. The fraction of sp³-hybridized carbons (Fsp3) is 0.500. The molecule has 96 valence electrons. The predicted molar refractivity (Wildman–Crippen MR) is 76.8 cm³/mol. The number of hydrogen-bond acceptors (Lipinski definition) is 1. The van der Waals surface area contributed by atoms with E-state index in [4.69, 9.17) is 0 Å². The summed E-state index contributed by atoms with van der Waals surface area (Å²) < 4.78 is 0. The molecule has 0 aliphatic heterocycles. The predicted octanol–water partition coefficient (Wildman–Crippen LogP) is 3.49. The molecule has 0 amide bonds. The Morgan fingerprint density at radius 1 is 1.33 bits per heavy atom. The molecule has 0 bridgehead atoms. The number of nitrogens with one attached hydrogen (secondary N) is 2. The molecule has 0 saturated heterocycles. The molecule has 0 spiro atoms. The summed E-state index contributed by atoms with van der Waals surface area (Å²) >= 11 is 0. The number of para-hydroxylation sites is 1. The molecule has 0 radical (unpaired) electrons. The van der Waals surface area contributed by atoms with E-state index in [0.29, 0.717) is 0 Å². The zero-order chi connectivity index (χ0) is 12.4. The molecule has 1 aromatic heterocycles. The number of rotatable bonds is 6. The average molecular weight is 242 g/mol. The van der Waals surface area contributed by atoms with Crippen LogP contribution in [0.2, 0.25) is 0 Å². The lowest BCUT2D eigenvalue weighted by atomic mass is 10.0. The van der Waals surface area contributed by atoms with Crippen LogP contribution in [0.25, 0.3) is 10.9 Å². The van der Waals surface area contributed by atoms with Gasteiger partial charge in [0.1, 0.15) is 0 Å². The van der Waals surface area contributed by atoms with Crippen LogP contribution in [-0.2, 0) is 6.42 Å². The standard InChI is InChI=1S/C16H22N2/c1-2-17-15(12-7-8-12)10-9-13-11-18-16-6-4-3-5-14(13)16/h3-6,11-12,15,17-18H,2,7-10H2,1H3. The maximum absolute atomic E-state index is 3.64. The molecule has 2 N–H and O–H groups in total. The Bertz CT molecular complexity index is 511. The van der Waals surface area contributed by atoms with Crippen molar-refractivity contribution in [2.45, 2.75) is 38.6 Å². The monoisotopic (exact) mass is 242 g/mol. The molecule has 1 aromatic carbocycles. The summed E-state index contributed by atoms with van der Waals surface area (Å²) in [6, 6.07) is 9.32. The maximum Gasteiger partial charge on any atom is 0.0456 e. The minimum absolute atomic E-state index is 0.726. The van der Waals surface area contributed by atoms with E-state index in [1.807, 2.05) is 0 Å². The van der Waals surface area contributed by atoms with Crippen LogP contribution in [0.3, 0.4) is 0 Å². The second kappa shape index (κ2) is 5.15. The molecular weight excluding hydrogens is 220 g/mol. The van der Waals surface area contributed by atoms with E-state index in [-0.39, 0.29) is 0 Å². The SMILES string of the molecule is CCNC(CCc1c[nH]c2ccccc12)C1CC1. The number of fused-ring (bicyclic) bond motifs is 1. The lowest BCUT2D eigenvalue weighted by molar-refractivity contribution is 0.447. The van der Waals surface area contributed by atoms with Crippen LogP contribution in [0.4, 0.5) is 0 Å². The fourth-order valence-corrected chi connectivity index (χ4v) is 2.91. The Kier molecular flexibility index (Phi) is 3.37. The number of aromatic nitrogens is 1. The Morgan fingerprint density at radius 3 is 2.94 bits per heavy atom. The van der Waals surface area contributed by atoms with Crippen molar-refractivity contribution >= 4 is 10.9 Å². The molecule has 2 heteroatoms. The van der Waals surface area contributed by atoms with E-state index < -0.39 is 0 Å². The van der Waals surface area contributed by atoms with Gasteiger partial charge in [-0.15, -0.1) is 0 Å². The summed E-state index contributed by atoms with van der Waals surface area (Å²) in [7, 11) is 0. The Hall–Kier alpha value is -1.28. The van der Waals surface area contributed by atoms with E-state index in [1.54, 1.807) is 0 Å². The number of benzene rings is 1. The Balaban J connectivity index is 1.68. The highest BCUT2D eigenvalue weighted by molar-refractivity contribution is 5.82. The van der Waals surface area contributed by atoms with Crippen LogP contribution in [0, 0.1) is 5.92 Å². The Labute approximate surface area is 109 Å². The molecule has 1 atom stereocenters. The van der Waals surface area contributed by atoms with Crippen molar-refractivity contribution in [2.24, 2.45) is 5.92 Å². The normalized spacial score (nSPS) is 17.2. The van der Waals surface area contributed by atoms with E-state index in [2.05, 4.69) is 47.7 Å². The lowest BCUT2D eigenvalue weighted by Crippen LogP contribution is -2.31. The minimum Gasteiger partial charge on any atom is -0.361 e.